The fourth-order valence-corrected chi connectivity index (χ4v) is 3.06. The van der Waals surface area contributed by atoms with Crippen LogP contribution in [-0.2, 0) is 0 Å². The minimum atomic E-state index is -0.192. The van der Waals surface area contributed by atoms with Crippen molar-refractivity contribution in [1.82, 2.24) is 4.98 Å². The summed E-state index contributed by atoms with van der Waals surface area (Å²) in [5.41, 5.74) is 0.877. The molecule has 0 radical (unpaired) electrons. The van der Waals surface area contributed by atoms with E-state index in [1.807, 2.05) is 0 Å². The van der Waals surface area contributed by atoms with Gasteiger partial charge < -0.3 is 5.32 Å². The van der Waals surface area contributed by atoms with Crippen LogP contribution >= 0.6 is 11.3 Å². The van der Waals surface area contributed by atoms with Crippen molar-refractivity contribution >= 4 is 26.7 Å². The first-order valence-corrected chi connectivity index (χ1v) is 6.93. The van der Waals surface area contributed by atoms with Gasteiger partial charge in [0.05, 0.1) is 10.2 Å². The van der Waals surface area contributed by atoms with Crippen LogP contribution in [0.5, 0.6) is 0 Å². The number of anilines is 1. The number of nitrogens with zero attached hydrogens (tertiary/aromatic N) is 1. The van der Waals surface area contributed by atoms with E-state index in [-0.39, 0.29) is 5.82 Å². The average molecular weight is 250 g/mol. The molecule has 0 spiro atoms. The van der Waals surface area contributed by atoms with E-state index in [2.05, 4.69) is 10.3 Å². The van der Waals surface area contributed by atoms with E-state index >= 15 is 0 Å². The molecular weight excluding hydrogens is 235 g/mol. The lowest BCUT2D eigenvalue weighted by Crippen LogP contribution is -2.15. The van der Waals surface area contributed by atoms with Crippen LogP contribution in [0.1, 0.15) is 25.7 Å². The van der Waals surface area contributed by atoms with Crippen molar-refractivity contribution in [3.63, 3.8) is 0 Å². The second-order valence-corrected chi connectivity index (χ2v) is 5.67. The zero-order valence-corrected chi connectivity index (χ0v) is 10.4. The van der Waals surface area contributed by atoms with Gasteiger partial charge in [0, 0.05) is 6.54 Å². The summed E-state index contributed by atoms with van der Waals surface area (Å²) in [7, 11) is 0. The van der Waals surface area contributed by atoms with E-state index in [9.17, 15) is 4.39 Å². The molecule has 1 aromatic heterocycles. The van der Waals surface area contributed by atoms with Gasteiger partial charge >= 0.3 is 0 Å². The highest BCUT2D eigenvalue weighted by Crippen LogP contribution is 2.30. The minimum absolute atomic E-state index is 0.192. The first-order valence-electron chi connectivity index (χ1n) is 6.11. The SMILES string of the molecule is Fc1ccc2nc(NCCC3CCC3)sc2c1. The molecule has 0 amide bonds. The lowest BCUT2D eigenvalue weighted by atomic mass is 9.83. The van der Waals surface area contributed by atoms with E-state index in [0.29, 0.717) is 0 Å². The Labute approximate surface area is 104 Å². The van der Waals surface area contributed by atoms with Gasteiger partial charge in [0.2, 0.25) is 0 Å². The molecule has 4 heteroatoms. The molecule has 1 saturated carbocycles. The Hall–Kier alpha value is -1.16. The zero-order valence-electron chi connectivity index (χ0n) is 9.58. The largest absolute Gasteiger partial charge is 0.361 e. The third-order valence-electron chi connectivity index (χ3n) is 3.40. The van der Waals surface area contributed by atoms with Crippen molar-refractivity contribution < 1.29 is 4.39 Å². The highest BCUT2D eigenvalue weighted by Gasteiger charge is 2.16. The molecule has 0 saturated heterocycles. The molecule has 1 fully saturated rings. The molecule has 2 nitrogen and oxygen atoms in total. The van der Waals surface area contributed by atoms with Crippen molar-refractivity contribution in [3.8, 4) is 0 Å². The van der Waals surface area contributed by atoms with Crippen LogP contribution in [0.2, 0.25) is 0 Å². The Kier molecular flexibility index (Phi) is 2.97. The quantitative estimate of drug-likeness (QED) is 0.886. The van der Waals surface area contributed by atoms with Gasteiger partial charge in [0.15, 0.2) is 5.13 Å². The van der Waals surface area contributed by atoms with Crippen molar-refractivity contribution in [2.75, 3.05) is 11.9 Å². The smallest absolute Gasteiger partial charge is 0.183 e. The molecule has 2 aromatic rings. The molecule has 1 aromatic carbocycles. The summed E-state index contributed by atoms with van der Waals surface area (Å²) < 4.78 is 13.9. The van der Waals surface area contributed by atoms with Gasteiger partial charge in [-0.1, -0.05) is 30.6 Å². The van der Waals surface area contributed by atoms with E-state index < -0.39 is 0 Å². The number of rotatable bonds is 4. The van der Waals surface area contributed by atoms with E-state index in [1.165, 1.54) is 43.1 Å². The van der Waals surface area contributed by atoms with Crippen molar-refractivity contribution in [2.24, 2.45) is 5.92 Å². The molecule has 1 N–H and O–H groups in total. The second-order valence-electron chi connectivity index (χ2n) is 4.64. The fraction of sp³-hybridized carbons (Fsp3) is 0.462. The maximum Gasteiger partial charge on any atom is 0.183 e. The summed E-state index contributed by atoms with van der Waals surface area (Å²) in [5.74, 6) is 0.719. The molecule has 0 aliphatic heterocycles. The predicted molar refractivity (Wildman–Crippen MR) is 70.0 cm³/mol. The number of fused-ring (bicyclic) bond motifs is 1. The zero-order chi connectivity index (χ0) is 11.7. The lowest BCUT2D eigenvalue weighted by molar-refractivity contribution is 0.303. The number of thiazole rings is 1. The Bertz CT molecular complexity index is 519. The summed E-state index contributed by atoms with van der Waals surface area (Å²) in [6.45, 7) is 0.979. The van der Waals surface area contributed by atoms with Crippen LogP contribution in [0.15, 0.2) is 18.2 Å². The van der Waals surface area contributed by atoms with Gasteiger partial charge in [-0.3, -0.25) is 0 Å². The Morgan fingerprint density at radius 2 is 2.29 bits per heavy atom. The third kappa shape index (κ3) is 2.41. The maximum atomic E-state index is 13.0. The topological polar surface area (TPSA) is 24.9 Å². The van der Waals surface area contributed by atoms with E-state index in [4.69, 9.17) is 0 Å². The van der Waals surface area contributed by atoms with Gasteiger partial charge in [0.25, 0.3) is 0 Å². The molecule has 1 aliphatic rings. The van der Waals surface area contributed by atoms with Crippen LogP contribution in [0, 0.1) is 11.7 Å². The standard InChI is InChI=1S/C13H15FN2S/c14-10-4-5-11-12(8-10)17-13(16-11)15-7-6-9-2-1-3-9/h4-5,8-9H,1-3,6-7H2,(H,15,16). The van der Waals surface area contributed by atoms with Gasteiger partial charge in [-0.25, -0.2) is 9.37 Å². The Morgan fingerprint density at radius 1 is 1.41 bits per heavy atom. The van der Waals surface area contributed by atoms with E-state index in [0.717, 1.165) is 27.8 Å². The molecule has 1 aliphatic carbocycles. The number of hydrogen-bond acceptors (Lipinski definition) is 3. The fourth-order valence-electron chi connectivity index (χ4n) is 2.14. The molecule has 3 rings (SSSR count). The summed E-state index contributed by atoms with van der Waals surface area (Å²) in [4.78, 5) is 4.44. The Morgan fingerprint density at radius 3 is 3.06 bits per heavy atom. The van der Waals surface area contributed by atoms with Crippen molar-refractivity contribution in [1.29, 1.82) is 0 Å². The van der Waals surface area contributed by atoms with Gasteiger partial charge in [-0.2, -0.15) is 0 Å². The lowest BCUT2D eigenvalue weighted by Gasteiger charge is -2.24. The summed E-state index contributed by atoms with van der Waals surface area (Å²) in [6, 6.07) is 4.74. The molecule has 17 heavy (non-hydrogen) atoms. The second kappa shape index (κ2) is 4.61. The first-order chi connectivity index (χ1) is 8.31. The Balaban J connectivity index is 1.64. The van der Waals surface area contributed by atoms with E-state index in [1.54, 1.807) is 12.1 Å². The minimum Gasteiger partial charge on any atom is -0.361 e. The highest BCUT2D eigenvalue weighted by molar-refractivity contribution is 7.22. The summed E-state index contributed by atoms with van der Waals surface area (Å²) >= 11 is 1.53. The molecule has 0 atom stereocenters. The van der Waals surface area contributed by atoms with Crippen LogP contribution in [0.4, 0.5) is 9.52 Å². The third-order valence-corrected chi connectivity index (χ3v) is 4.38. The molecule has 1 heterocycles. The number of aromatic nitrogens is 1. The number of nitrogens with one attached hydrogen (secondary N) is 1. The molecule has 0 unspecified atom stereocenters. The normalized spacial score (nSPS) is 16.1. The van der Waals surface area contributed by atoms with Crippen molar-refractivity contribution in [2.45, 2.75) is 25.7 Å². The number of hydrogen-bond donors (Lipinski definition) is 1. The van der Waals surface area contributed by atoms with Crippen LogP contribution < -0.4 is 5.32 Å². The first kappa shape index (κ1) is 11.0. The average Bonchev–Trinajstić information content (AvgIpc) is 2.63. The van der Waals surface area contributed by atoms with Gasteiger partial charge in [0.1, 0.15) is 5.82 Å². The predicted octanol–water partition coefficient (Wildman–Crippen LogP) is 4.04. The highest BCUT2D eigenvalue weighted by atomic mass is 32.1. The monoisotopic (exact) mass is 250 g/mol. The molecule has 90 valence electrons. The number of benzene rings is 1. The molecule has 0 bridgehead atoms. The van der Waals surface area contributed by atoms with Crippen LogP contribution in [0.3, 0.4) is 0 Å². The van der Waals surface area contributed by atoms with Crippen LogP contribution in [0.25, 0.3) is 10.2 Å². The number of halogens is 1. The van der Waals surface area contributed by atoms with Crippen LogP contribution in [-0.4, -0.2) is 11.5 Å². The summed E-state index contributed by atoms with van der Waals surface area (Å²) in [5, 5.41) is 4.24. The van der Waals surface area contributed by atoms with Crippen molar-refractivity contribution in [3.05, 3.63) is 24.0 Å². The maximum absolute atomic E-state index is 13.0. The van der Waals surface area contributed by atoms with Gasteiger partial charge in [-0.15, -0.1) is 0 Å². The van der Waals surface area contributed by atoms with Gasteiger partial charge in [-0.05, 0) is 30.5 Å². The molecular formula is C13H15FN2S. The summed E-state index contributed by atoms with van der Waals surface area (Å²) in [6.07, 6.45) is 5.38.